The second-order valence-corrected chi connectivity index (χ2v) is 8.36. The van der Waals surface area contributed by atoms with Gasteiger partial charge in [0.1, 0.15) is 0 Å². The first-order chi connectivity index (χ1) is 13.1. The Bertz CT molecular complexity index is 625. The van der Waals surface area contributed by atoms with Gasteiger partial charge >= 0.3 is 0 Å². The molecule has 2 fully saturated rings. The third-order valence-corrected chi connectivity index (χ3v) is 6.13. The van der Waals surface area contributed by atoms with Gasteiger partial charge < -0.3 is 20.0 Å². The minimum atomic E-state index is 0.644. The van der Waals surface area contributed by atoms with Crippen molar-refractivity contribution >= 4 is 23.2 Å². The molecular formula is C21H34ClN5. The summed E-state index contributed by atoms with van der Waals surface area (Å²) in [4.78, 5) is 11.9. The van der Waals surface area contributed by atoms with Crippen LogP contribution in [0.4, 0.5) is 5.69 Å². The molecular weight excluding hydrogens is 358 g/mol. The number of piperazine rings is 1. The number of para-hydroxylation sites is 1. The van der Waals surface area contributed by atoms with E-state index in [0.29, 0.717) is 12.0 Å². The Morgan fingerprint density at radius 3 is 2.59 bits per heavy atom. The van der Waals surface area contributed by atoms with Crippen molar-refractivity contribution in [2.45, 2.75) is 32.7 Å². The monoisotopic (exact) mass is 391 g/mol. The van der Waals surface area contributed by atoms with E-state index < -0.39 is 0 Å². The molecule has 0 spiro atoms. The summed E-state index contributed by atoms with van der Waals surface area (Å²) in [5, 5.41) is 4.47. The molecule has 2 aliphatic rings. The SMILES string of the molecule is CN=C(NCC1CCCN(C(C)C)C1)N1CCN(c2ccccc2Cl)CC1. The molecule has 0 aliphatic carbocycles. The molecule has 0 radical (unpaired) electrons. The van der Waals surface area contributed by atoms with Crippen molar-refractivity contribution in [3.05, 3.63) is 29.3 Å². The highest BCUT2D eigenvalue weighted by molar-refractivity contribution is 6.33. The lowest BCUT2D eigenvalue weighted by Crippen LogP contribution is -2.53. The van der Waals surface area contributed by atoms with Crippen molar-refractivity contribution in [3.63, 3.8) is 0 Å². The van der Waals surface area contributed by atoms with Gasteiger partial charge in [0.25, 0.3) is 0 Å². The van der Waals surface area contributed by atoms with E-state index >= 15 is 0 Å². The summed E-state index contributed by atoms with van der Waals surface area (Å²) in [5.74, 6) is 1.75. The van der Waals surface area contributed by atoms with Gasteiger partial charge in [0.2, 0.25) is 0 Å². The number of benzene rings is 1. The Hall–Kier alpha value is -1.46. The molecule has 1 aromatic carbocycles. The van der Waals surface area contributed by atoms with Crippen LogP contribution in [-0.4, -0.2) is 74.7 Å². The van der Waals surface area contributed by atoms with Gasteiger partial charge in [-0.2, -0.15) is 0 Å². The zero-order valence-electron chi connectivity index (χ0n) is 17.0. The molecule has 27 heavy (non-hydrogen) atoms. The summed E-state index contributed by atoms with van der Waals surface area (Å²) in [6, 6.07) is 8.76. The van der Waals surface area contributed by atoms with Crippen LogP contribution in [0, 0.1) is 5.92 Å². The maximum Gasteiger partial charge on any atom is 0.193 e. The highest BCUT2D eigenvalue weighted by atomic mass is 35.5. The Morgan fingerprint density at radius 2 is 1.93 bits per heavy atom. The lowest BCUT2D eigenvalue weighted by molar-refractivity contribution is 0.140. The third-order valence-electron chi connectivity index (χ3n) is 5.81. The summed E-state index contributed by atoms with van der Waals surface area (Å²) in [7, 11) is 1.89. The van der Waals surface area contributed by atoms with Gasteiger partial charge in [-0.25, -0.2) is 0 Å². The van der Waals surface area contributed by atoms with Crippen LogP contribution in [0.15, 0.2) is 29.3 Å². The maximum absolute atomic E-state index is 6.36. The fraction of sp³-hybridized carbons (Fsp3) is 0.667. The molecule has 0 bridgehead atoms. The molecule has 2 saturated heterocycles. The van der Waals surface area contributed by atoms with E-state index in [1.807, 2.05) is 19.2 Å². The van der Waals surface area contributed by atoms with Gasteiger partial charge in [-0.1, -0.05) is 23.7 Å². The van der Waals surface area contributed by atoms with E-state index in [2.05, 4.69) is 51.0 Å². The van der Waals surface area contributed by atoms with Crippen LogP contribution in [-0.2, 0) is 0 Å². The van der Waals surface area contributed by atoms with Crippen LogP contribution in [0.5, 0.6) is 0 Å². The fourth-order valence-electron chi connectivity index (χ4n) is 4.17. The van der Waals surface area contributed by atoms with Crippen molar-refractivity contribution in [1.82, 2.24) is 15.1 Å². The van der Waals surface area contributed by atoms with Crippen LogP contribution in [0.2, 0.25) is 5.02 Å². The molecule has 0 saturated carbocycles. The number of nitrogens with zero attached hydrogens (tertiary/aromatic N) is 4. The van der Waals surface area contributed by atoms with Crippen molar-refractivity contribution in [2.24, 2.45) is 10.9 Å². The quantitative estimate of drug-likeness (QED) is 0.631. The average Bonchev–Trinajstić information content (AvgIpc) is 2.69. The lowest BCUT2D eigenvalue weighted by Gasteiger charge is -2.39. The third kappa shape index (κ3) is 5.29. The van der Waals surface area contributed by atoms with Crippen molar-refractivity contribution in [3.8, 4) is 0 Å². The molecule has 1 N–H and O–H groups in total. The molecule has 0 aromatic heterocycles. The molecule has 150 valence electrons. The molecule has 1 unspecified atom stereocenters. The van der Waals surface area contributed by atoms with Gasteiger partial charge in [0, 0.05) is 52.4 Å². The number of guanidine groups is 1. The van der Waals surface area contributed by atoms with Crippen LogP contribution in [0.25, 0.3) is 0 Å². The standard InChI is InChI=1S/C21H34ClN5/c1-17(2)27-10-6-7-18(16-27)15-24-21(23-3)26-13-11-25(12-14-26)20-9-5-4-8-19(20)22/h4-5,8-9,17-18H,6-7,10-16H2,1-3H3,(H,23,24). The van der Waals surface area contributed by atoms with Gasteiger partial charge in [0.05, 0.1) is 10.7 Å². The zero-order valence-corrected chi connectivity index (χ0v) is 17.8. The summed E-state index contributed by atoms with van der Waals surface area (Å²) in [6.07, 6.45) is 2.62. The molecule has 2 aliphatic heterocycles. The zero-order chi connectivity index (χ0) is 19.2. The van der Waals surface area contributed by atoms with E-state index in [4.69, 9.17) is 11.6 Å². The van der Waals surface area contributed by atoms with Crippen molar-refractivity contribution in [2.75, 3.05) is 57.8 Å². The average molecular weight is 392 g/mol. The molecule has 0 amide bonds. The predicted octanol–water partition coefficient (Wildman–Crippen LogP) is 3.16. The maximum atomic E-state index is 6.36. The summed E-state index contributed by atoms with van der Waals surface area (Å²) in [5.41, 5.74) is 1.14. The smallest absolute Gasteiger partial charge is 0.193 e. The topological polar surface area (TPSA) is 34.1 Å². The normalized spacial score (nSPS) is 22.4. The second-order valence-electron chi connectivity index (χ2n) is 7.95. The highest BCUT2D eigenvalue weighted by Crippen LogP contribution is 2.26. The number of nitrogens with one attached hydrogen (secondary N) is 1. The molecule has 3 rings (SSSR count). The Balaban J connectivity index is 1.49. The fourth-order valence-corrected chi connectivity index (χ4v) is 4.42. The molecule has 5 nitrogen and oxygen atoms in total. The largest absolute Gasteiger partial charge is 0.367 e. The van der Waals surface area contributed by atoms with Crippen LogP contribution in [0.3, 0.4) is 0 Å². The highest BCUT2D eigenvalue weighted by Gasteiger charge is 2.24. The first kappa shape index (κ1) is 20.3. The number of anilines is 1. The molecule has 6 heteroatoms. The van der Waals surface area contributed by atoms with Crippen LogP contribution in [0.1, 0.15) is 26.7 Å². The van der Waals surface area contributed by atoms with Crippen molar-refractivity contribution < 1.29 is 0 Å². The van der Waals surface area contributed by atoms with Gasteiger partial charge in [-0.05, 0) is 51.3 Å². The Kier molecular flexibility index (Phi) is 7.25. The second kappa shape index (κ2) is 9.65. The Morgan fingerprint density at radius 1 is 1.19 bits per heavy atom. The number of halogens is 1. The molecule has 1 aromatic rings. The minimum Gasteiger partial charge on any atom is -0.367 e. The van der Waals surface area contributed by atoms with Gasteiger partial charge in [-0.15, -0.1) is 0 Å². The molecule has 1 atom stereocenters. The van der Waals surface area contributed by atoms with E-state index in [1.54, 1.807) is 0 Å². The predicted molar refractivity (Wildman–Crippen MR) is 116 cm³/mol. The van der Waals surface area contributed by atoms with Gasteiger partial charge in [-0.3, -0.25) is 4.99 Å². The summed E-state index contributed by atoms with van der Waals surface area (Å²) in [6.45, 7) is 11.9. The van der Waals surface area contributed by atoms with E-state index in [-0.39, 0.29) is 0 Å². The summed E-state index contributed by atoms with van der Waals surface area (Å²) < 4.78 is 0. The van der Waals surface area contributed by atoms with Crippen LogP contribution >= 0.6 is 11.6 Å². The summed E-state index contributed by atoms with van der Waals surface area (Å²) >= 11 is 6.36. The number of likely N-dealkylation sites (tertiary alicyclic amines) is 1. The Labute approximate surface area is 169 Å². The minimum absolute atomic E-state index is 0.644. The van der Waals surface area contributed by atoms with E-state index in [0.717, 1.165) is 49.4 Å². The first-order valence-electron chi connectivity index (χ1n) is 10.3. The lowest BCUT2D eigenvalue weighted by atomic mass is 9.97. The van der Waals surface area contributed by atoms with Crippen molar-refractivity contribution in [1.29, 1.82) is 0 Å². The van der Waals surface area contributed by atoms with E-state index in [1.165, 1.54) is 25.9 Å². The number of hydrogen-bond donors (Lipinski definition) is 1. The number of hydrogen-bond acceptors (Lipinski definition) is 3. The number of rotatable bonds is 4. The van der Waals surface area contributed by atoms with E-state index in [9.17, 15) is 0 Å². The number of aliphatic imine (C=N–C) groups is 1. The first-order valence-corrected chi connectivity index (χ1v) is 10.7. The van der Waals surface area contributed by atoms with Gasteiger partial charge in [0.15, 0.2) is 5.96 Å². The van der Waals surface area contributed by atoms with Crippen LogP contribution < -0.4 is 10.2 Å². The number of piperidine rings is 1. The molecule has 2 heterocycles.